The number of hydrogen-bond acceptors (Lipinski definition) is 3. The van der Waals surface area contributed by atoms with E-state index < -0.39 is 0 Å². The molecule has 3 rings (SSSR count). The molecule has 0 unspecified atom stereocenters. The largest absolute Gasteiger partial charge is 0.493 e. The average molecular weight is 296 g/mol. The summed E-state index contributed by atoms with van der Waals surface area (Å²) in [4.78, 5) is 4.42. The molecule has 2 aromatic heterocycles. The van der Waals surface area contributed by atoms with E-state index in [1.54, 1.807) is 0 Å². The van der Waals surface area contributed by atoms with E-state index in [9.17, 15) is 5.11 Å². The topological polar surface area (TPSA) is 47.3 Å². The second-order valence-electron chi connectivity index (χ2n) is 5.35. The quantitative estimate of drug-likeness (QED) is 0.783. The summed E-state index contributed by atoms with van der Waals surface area (Å²) in [6.45, 7) is 2.69. The number of fused-ring (bicyclic) bond motifs is 1. The van der Waals surface area contributed by atoms with E-state index in [2.05, 4.69) is 18.0 Å². The van der Waals surface area contributed by atoms with Crippen LogP contribution in [0.3, 0.4) is 0 Å². The van der Waals surface area contributed by atoms with Gasteiger partial charge in [0.15, 0.2) is 0 Å². The molecule has 3 aromatic rings. The zero-order valence-electron chi connectivity index (χ0n) is 12.9. The summed E-state index contributed by atoms with van der Waals surface area (Å²) in [5.74, 6) is 0.756. The maximum Gasteiger partial charge on any atom is 0.140 e. The number of aliphatic hydroxyl groups is 1. The monoisotopic (exact) mass is 296 g/mol. The van der Waals surface area contributed by atoms with Crippen LogP contribution in [-0.2, 0) is 13.7 Å². The lowest BCUT2D eigenvalue weighted by atomic mass is 10.0. The number of benzene rings is 1. The zero-order valence-corrected chi connectivity index (χ0v) is 12.9. The third-order valence-electron chi connectivity index (χ3n) is 3.77. The van der Waals surface area contributed by atoms with Gasteiger partial charge in [-0.1, -0.05) is 13.0 Å². The minimum Gasteiger partial charge on any atom is -0.493 e. The van der Waals surface area contributed by atoms with Crippen LogP contribution in [0, 0.1) is 0 Å². The van der Waals surface area contributed by atoms with Gasteiger partial charge in [0.1, 0.15) is 11.4 Å². The molecule has 0 saturated heterocycles. The highest BCUT2D eigenvalue weighted by Crippen LogP contribution is 2.31. The second-order valence-corrected chi connectivity index (χ2v) is 5.35. The number of aliphatic hydroxyl groups excluding tert-OH is 1. The predicted molar refractivity (Wildman–Crippen MR) is 87.9 cm³/mol. The van der Waals surface area contributed by atoms with Gasteiger partial charge in [0.05, 0.1) is 13.2 Å². The van der Waals surface area contributed by atoms with Gasteiger partial charge in [0.25, 0.3) is 0 Å². The minimum absolute atomic E-state index is 0.0318. The van der Waals surface area contributed by atoms with Crippen LogP contribution < -0.4 is 4.74 Å². The van der Waals surface area contributed by atoms with Gasteiger partial charge in [-0.3, -0.25) is 0 Å². The Labute approximate surface area is 130 Å². The molecular weight excluding hydrogens is 276 g/mol. The molecule has 1 aromatic carbocycles. The summed E-state index contributed by atoms with van der Waals surface area (Å²) < 4.78 is 7.69. The molecule has 0 radical (unpaired) electrons. The molecule has 0 spiro atoms. The van der Waals surface area contributed by atoms with Crippen molar-refractivity contribution in [1.82, 2.24) is 9.55 Å². The van der Waals surface area contributed by atoms with Gasteiger partial charge in [0.2, 0.25) is 0 Å². The first-order valence-electron chi connectivity index (χ1n) is 7.51. The standard InChI is InChI=1S/C18H20N2O2/c1-3-10-22-17-5-4-13(11-14(17)12-21)15-6-8-19-18-16(15)7-9-20(18)2/h4-9,11,21H,3,10,12H2,1-2H3. The summed E-state index contributed by atoms with van der Waals surface area (Å²) in [7, 11) is 1.99. The maximum absolute atomic E-state index is 9.61. The molecule has 0 bridgehead atoms. The Morgan fingerprint density at radius 2 is 2.09 bits per heavy atom. The average Bonchev–Trinajstić information content (AvgIpc) is 2.94. The summed E-state index contributed by atoms with van der Waals surface area (Å²) in [6.07, 6.45) is 4.77. The SMILES string of the molecule is CCCOc1ccc(-c2ccnc3c2ccn3C)cc1CO. The predicted octanol–water partition coefficient (Wildman–Crippen LogP) is 3.52. The Morgan fingerprint density at radius 3 is 2.86 bits per heavy atom. The first-order valence-corrected chi connectivity index (χ1v) is 7.51. The summed E-state index contributed by atoms with van der Waals surface area (Å²) >= 11 is 0. The van der Waals surface area contributed by atoms with Crippen LogP contribution in [0.25, 0.3) is 22.2 Å². The molecule has 114 valence electrons. The van der Waals surface area contributed by atoms with Crippen LogP contribution in [0.1, 0.15) is 18.9 Å². The number of pyridine rings is 1. The fourth-order valence-electron chi connectivity index (χ4n) is 2.64. The van der Waals surface area contributed by atoms with Crippen molar-refractivity contribution in [3.05, 3.63) is 48.3 Å². The van der Waals surface area contributed by atoms with Gasteiger partial charge in [-0.2, -0.15) is 0 Å². The van der Waals surface area contributed by atoms with Gasteiger partial charge < -0.3 is 14.4 Å². The molecular formula is C18H20N2O2. The molecule has 0 atom stereocenters. The zero-order chi connectivity index (χ0) is 15.5. The van der Waals surface area contributed by atoms with Crippen molar-refractivity contribution in [3.63, 3.8) is 0 Å². The normalized spacial score (nSPS) is 11.0. The van der Waals surface area contributed by atoms with Crippen molar-refractivity contribution in [2.75, 3.05) is 6.61 Å². The van der Waals surface area contributed by atoms with E-state index in [0.29, 0.717) is 6.61 Å². The highest BCUT2D eigenvalue weighted by Gasteiger charge is 2.10. The molecule has 2 heterocycles. The van der Waals surface area contributed by atoms with Crippen LogP contribution in [0.5, 0.6) is 5.75 Å². The fraction of sp³-hybridized carbons (Fsp3) is 0.278. The van der Waals surface area contributed by atoms with Crippen molar-refractivity contribution in [3.8, 4) is 16.9 Å². The lowest BCUT2D eigenvalue weighted by Crippen LogP contribution is -1.99. The van der Waals surface area contributed by atoms with E-state index in [4.69, 9.17) is 4.74 Å². The van der Waals surface area contributed by atoms with Gasteiger partial charge in [-0.15, -0.1) is 0 Å². The van der Waals surface area contributed by atoms with Crippen LogP contribution in [0.4, 0.5) is 0 Å². The Kier molecular flexibility index (Phi) is 4.11. The molecule has 0 aliphatic carbocycles. The van der Waals surface area contributed by atoms with Crippen LogP contribution in [-0.4, -0.2) is 21.3 Å². The summed E-state index contributed by atoms with van der Waals surface area (Å²) in [6, 6.07) is 10.0. The Morgan fingerprint density at radius 1 is 1.23 bits per heavy atom. The van der Waals surface area contributed by atoms with Gasteiger partial charge >= 0.3 is 0 Å². The molecule has 0 aliphatic heterocycles. The number of nitrogens with zero attached hydrogens (tertiary/aromatic N) is 2. The molecule has 0 fully saturated rings. The number of aryl methyl sites for hydroxylation is 1. The van der Waals surface area contributed by atoms with Crippen molar-refractivity contribution in [2.24, 2.45) is 7.05 Å². The first kappa shape index (κ1) is 14.6. The van der Waals surface area contributed by atoms with Gasteiger partial charge in [-0.25, -0.2) is 4.98 Å². The van der Waals surface area contributed by atoms with Crippen LogP contribution in [0.2, 0.25) is 0 Å². The maximum atomic E-state index is 9.61. The molecule has 0 aliphatic rings. The van der Waals surface area contributed by atoms with E-state index in [0.717, 1.165) is 39.9 Å². The smallest absolute Gasteiger partial charge is 0.140 e. The number of hydrogen-bond donors (Lipinski definition) is 1. The fourth-order valence-corrected chi connectivity index (χ4v) is 2.64. The highest BCUT2D eigenvalue weighted by atomic mass is 16.5. The summed E-state index contributed by atoms with van der Waals surface area (Å²) in [5.41, 5.74) is 3.94. The molecule has 22 heavy (non-hydrogen) atoms. The summed E-state index contributed by atoms with van der Waals surface area (Å²) in [5, 5.41) is 10.7. The molecule has 0 amide bonds. The highest BCUT2D eigenvalue weighted by molar-refractivity contribution is 5.93. The van der Waals surface area contributed by atoms with Crippen molar-refractivity contribution < 1.29 is 9.84 Å². The Balaban J connectivity index is 2.07. The Bertz CT molecular complexity index is 793. The molecule has 4 heteroatoms. The third kappa shape index (κ3) is 2.57. The lowest BCUT2D eigenvalue weighted by Gasteiger charge is -2.12. The molecule has 4 nitrogen and oxygen atoms in total. The molecule has 0 saturated carbocycles. The van der Waals surface area contributed by atoms with Crippen LogP contribution >= 0.6 is 0 Å². The van der Waals surface area contributed by atoms with E-state index in [-0.39, 0.29) is 6.61 Å². The van der Waals surface area contributed by atoms with Crippen molar-refractivity contribution in [1.29, 1.82) is 0 Å². The van der Waals surface area contributed by atoms with Crippen LogP contribution in [0.15, 0.2) is 42.7 Å². The Hall–Kier alpha value is -2.33. The lowest BCUT2D eigenvalue weighted by molar-refractivity contribution is 0.263. The van der Waals surface area contributed by atoms with Crippen molar-refractivity contribution in [2.45, 2.75) is 20.0 Å². The molecule has 1 N–H and O–H groups in total. The first-order chi connectivity index (χ1) is 10.7. The van der Waals surface area contributed by atoms with Gasteiger partial charge in [-0.05, 0) is 41.8 Å². The van der Waals surface area contributed by atoms with E-state index in [1.165, 1.54) is 0 Å². The van der Waals surface area contributed by atoms with E-state index >= 15 is 0 Å². The number of rotatable bonds is 5. The van der Waals surface area contributed by atoms with Crippen molar-refractivity contribution >= 4 is 11.0 Å². The number of aromatic nitrogens is 2. The van der Waals surface area contributed by atoms with Gasteiger partial charge in [0, 0.05) is 30.4 Å². The number of ether oxygens (including phenoxy) is 1. The second kappa shape index (κ2) is 6.20. The third-order valence-corrected chi connectivity index (χ3v) is 3.77. The minimum atomic E-state index is -0.0318. The van der Waals surface area contributed by atoms with E-state index in [1.807, 2.05) is 48.3 Å².